The monoisotopic (exact) mass is 595 g/mol. The van der Waals surface area contributed by atoms with E-state index in [-0.39, 0.29) is 29.5 Å². The second-order valence-corrected chi connectivity index (χ2v) is 11.2. The van der Waals surface area contributed by atoms with E-state index in [2.05, 4.69) is 27.5 Å². The van der Waals surface area contributed by atoms with Gasteiger partial charge in [0.1, 0.15) is 28.8 Å². The van der Waals surface area contributed by atoms with E-state index in [9.17, 15) is 27.6 Å². The first kappa shape index (κ1) is 31.7. The van der Waals surface area contributed by atoms with Crippen molar-refractivity contribution in [2.45, 2.75) is 76.7 Å². The van der Waals surface area contributed by atoms with Crippen molar-refractivity contribution in [3.05, 3.63) is 77.5 Å². The number of amides is 3. The van der Waals surface area contributed by atoms with Gasteiger partial charge in [-0.2, -0.15) is 0 Å². The van der Waals surface area contributed by atoms with Crippen LogP contribution in [0.5, 0.6) is 0 Å². The van der Waals surface area contributed by atoms with Gasteiger partial charge in [-0.3, -0.25) is 19.4 Å². The Labute approximate surface area is 248 Å². The minimum absolute atomic E-state index is 0.0134. The number of hydrogen-bond acceptors (Lipinski definition) is 5. The number of nitrogens with two attached hydrogens (primary N) is 1. The van der Waals surface area contributed by atoms with E-state index in [0.29, 0.717) is 30.9 Å². The van der Waals surface area contributed by atoms with Gasteiger partial charge in [-0.1, -0.05) is 25.8 Å². The molecule has 3 unspecified atom stereocenters. The van der Waals surface area contributed by atoms with Crippen LogP contribution in [0.15, 0.2) is 48.8 Å². The van der Waals surface area contributed by atoms with E-state index >= 15 is 0 Å². The summed E-state index contributed by atoms with van der Waals surface area (Å²) < 4.78 is 43.2. The molecule has 4 N–H and O–H groups in total. The van der Waals surface area contributed by atoms with Gasteiger partial charge in [-0.15, -0.1) is 0 Å². The fourth-order valence-corrected chi connectivity index (χ4v) is 5.73. The molecule has 0 aliphatic heterocycles. The van der Waals surface area contributed by atoms with Gasteiger partial charge < -0.3 is 16.4 Å². The highest BCUT2D eigenvalue weighted by molar-refractivity contribution is 6.03. The summed E-state index contributed by atoms with van der Waals surface area (Å²) in [6, 6.07) is 7.02. The van der Waals surface area contributed by atoms with E-state index < -0.39 is 34.6 Å². The molecule has 0 saturated heterocycles. The number of rotatable bonds is 12. The van der Waals surface area contributed by atoms with Crippen molar-refractivity contribution in [3.63, 3.8) is 0 Å². The van der Waals surface area contributed by atoms with Gasteiger partial charge in [0.25, 0.3) is 5.91 Å². The molecule has 0 radical (unpaired) electrons. The van der Waals surface area contributed by atoms with Crippen LogP contribution in [0.3, 0.4) is 0 Å². The Balaban J connectivity index is 1.42. The number of primary amides is 1. The van der Waals surface area contributed by atoms with Gasteiger partial charge in [0, 0.05) is 25.1 Å². The lowest BCUT2D eigenvalue weighted by atomic mass is 9.76. The number of nitrogens with zero attached hydrogens (tertiary/aromatic N) is 2. The van der Waals surface area contributed by atoms with Crippen molar-refractivity contribution >= 4 is 23.4 Å². The van der Waals surface area contributed by atoms with Gasteiger partial charge in [-0.05, 0) is 79.8 Å². The van der Waals surface area contributed by atoms with E-state index in [1.54, 1.807) is 6.20 Å². The van der Waals surface area contributed by atoms with Crippen molar-refractivity contribution in [1.29, 1.82) is 0 Å². The molecule has 0 bridgehead atoms. The Morgan fingerprint density at radius 1 is 0.907 bits per heavy atom. The number of carbonyl (C=O) groups is 3. The van der Waals surface area contributed by atoms with Crippen LogP contribution in [0.1, 0.15) is 86.7 Å². The largest absolute Gasteiger partial charge is 0.370 e. The van der Waals surface area contributed by atoms with Crippen molar-refractivity contribution in [3.8, 4) is 11.3 Å². The van der Waals surface area contributed by atoms with Crippen molar-refractivity contribution in [2.75, 3.05) is 5.32 Å². The molecule has 1 aliphatic carbocycles. The molecule has 43 heavy (non-hydrogen) atoms. The molecule has 3 aromatic rings. The third kappa shape index (κ3) is 8.62. The Morgan fingerprint density at radius 2 is 1.63 bits per heavy atom. The van der Waals surface area contributed by atoms with Gasteiger partial charge in [0.15, 0.2) is 0 Å². The van der Waals surface area contributed by atoms with Crippen LogP contribution in [0.2, 0.25) is 0 Å². The summed E-state index contributed by atoms with van der Waals surface area (Å²) in [4.78, 5) is 44.8. The quantitative estimate of drug-likeness (QED) is 0.221. The highest BCUT2D eigenvalue weighted by Gasteiger charge is 2.30. The lowest BCUT2D eigenvalue weighted by Gasteiger charge is -2.35. The maximum atomic E-state index is 14.5. The number of carbonyl (C=O) groups excluding carboxylic acids is 3. The molecule has 4 rings (SSSR count). The smallest absolute Gasteiger partial charge is 0.274 e. The molecule has 228 valence electrons. The van der Waals surface area contributed by atoms with Gasteiger partial charge >= 0.3 is 0 Å². The summed E-state index contributed by atoms with van der Waals surface area (Å²) in [6.07, 6.45) is 9.43. The summed E-state index contributed by atoms with van der Waals surface area (Å²) in [5, 5.41) is 5.94. The number of hydrogen-bond donors (Lipinski definition) is 3. The predicted octanol–water partition coefficient (Wildman–Crippen LogP) is 6.03. The molecule has 11 heteroatoms. The Morgan fingerprint density at radius 3 is 2.35 bits per heavy atom. The first-order valence-corrected chi connectivity index (χ1v) is 14.6. The number of halogens is 3. The standard InChI is InChI=1S/C32H36F3N5O3/c1-19-15-20(17-21(16-19)38-29(42)10-5-3-2-4-9-28(36)41)22-13-14-37-18-27(22)40-32(43)26-12-11-25(35)31(39-26)30-23(33)7-6-8-24(30)34/h6-8,11-14,18-21H,2-5,9-10,15-17H2,1H3,(H2,36,41)(H,38,42)(H,40,43). The number of aromatic nitrogens is 2. The highest BCUT2D eigenvalue weighted by Crippen LogP contribution is 2.39. The van der Waals surface area contributed by atoms with Gasteiger partial charge in [-0.25, -0.2) is 18.2 Å². The number of nitrogens with one attached hydrogen (secondary N) is 2. The van der Waals surface area contributed by atoms with E-state index in [4.69, 9.17) is 5.73 Å². The Kier molecular flexibility index (Phi) is 10.9. The molecule has 2 aromatic heterocycles. The Hall–Kier alpha value is -4.28. The van der Waals surface area contributed by atoms with Crippen LogP contribution >= 0.6 is 0 Å². The van der Waals surface area contributed by atoms with Crippen LogP contribution in [0, 0.1) is 23.4 Å². The summed E-state index contributed by atoms with van der Waals surface area (Å²) in [5.41, 5.74) is 4.98. The van der Waals surface area contributed by atoms with Crippen LogP contribution in [-0.2, 0) is 9.59 Å². The normalized spacial score (nSPS) is 18.2. The average Bonchev–Trinajstić information content (AvgIpc) is 2.95. The summed E-state index contributed by atoms with van der Waals surface area (Å²) in [5.74, 6) is -3.63. The topological polar surface area (TPSA) is 127 Å². The summed E-state index contributed by atoms with van der Waals surface area (Å²) in [7, 11) is 0. The zero-order valence-corrected chi connectivity index (χ0v) is 24.0. The molecule has 1 saturated carbocycles. The number of unbranched alkanes of at least 4 members (excludes halogenated alkanes) is 3. The van der Waals surface area contributed by atoms with Crippen LogP contribution in [-0.4, -0.2) is 33.7 Å². The van der Waals surface area contributed by atoms with Gasteiger partial charge in [0.05, 0.1) is 17.4 Å². The second-order valence-electron chi connectivity index (χ2n) is 11.2. The minimum atomic E-state index is -0.994. The van der Waals surface area contributed by atoms with E-state index in [0.717, 1.165) is 74.4 Å². The second kappa shape index (κ2) is 14.8. The molecule has 3 amide bonds. The number of anilines is 1. The summed E-state index contributed by atoms with van der Waals surface area (Å²) >= 11 is 0. The summed E-state index contributed by atoms with van der Waals surface area (Å²) in [6.45, 7) is 2.12. The van der Waals surface area contributed by atoms with Crippen molar-refractivity contribution < 1.29 is 27.6 Å². The fraction of sp³-hybridized carbons (Fsp3) is 0.406. The SMILES string of the molecule is CC1CC(NC(=O)CCCCCCC(N)=O)CC(c2ccncc2NC(=O)c2ccc(F)c(-c3c(F)cccc3F)n2)C1. The van der Waals surface area contributed by atoms with E-state index in [1.165, 1.54) is 6.20 Å². The number of pyridine rings is 2. The lowest BCUT2D eigenvalue weighted by Crippen LogP contribution is -2.40. The lowest BCUT2D eigenvalue weighted by molar-refractivity contribution is -0.122. The minimum Gasteiger partial charge on any atom is -0.370 e. The van der Waals surface area contributed by atoms with Gasteiger partial charge in [0.2, 0.25) is 11.8 Å². The molecule has 1 aromatic carbocycles. The van der Waals surface area contributed by atoms with Crippen molar-refractivity contribution in [1.82, 2.24) is 15.3 Å². The molecular formula is C32H36F3N5O3. The van der Waals surface area contributed by atoms with Crippen LogP contribution in [0.4, 0.5) is 18.9 Å². The molecule has 3 atom stereocenters. The van der Waals surface area contributed by atoms with Crippen LogP contribution in [0.25, 0.3) is 11.3 Å². The first-order valence-electron chi connectivity index (χ1n) is 14.6. The maximum Gasteiger partial charge on any atom is 0.274 e. The highest BCUT2D eigenvalue weighted by atomic mass is 19.1. The third-order valence-electron chi connectivity index (χ3n) is 7.71. The molecule has 0 spiro atoms. The maximum absolute atomic E-state index is 14.5. The zero-order valence-electron chi connectivity index (χ0n) is 24.0. The average molecular weight is 596 g/mol. The predicted molar refractivity (Wildman–Crippen MR) is 156 cm³/mol. The molecule has 2 heterocycles. The Bertz CT molecular complexity index is 1450. The zero-order chi connectivity index (χ0) is 30.9. The number of benzene rings is 1. The third-order valence-corrected chi connectivity index (χ3v) is 7.71. The molecule has 8 nitrogen and oxygen atoms in total. The van der Waals surface area contributed by atoms with Crippen LogP contribution < -0.4 is 16.4 Å². The van der Waals surface area contributed by atoms with Crippen molar-refractivity contribution in [2.24, 2.45) is 11.7 Å². The molecule has 1 fully saturated rings. The fourth-order valence-electron chi connectivity index (χ4n) is 5.73. The molecular weight excluding hydrogens is 559 g/mol. The molecule has 1 aliphatic rings. The van der Waals surface area contributed by atoms with E-state index in [1.807, 2.05) is 6.07 Å². The first-order chi connectivity index (χ1) is 20.6.